The van der Waals surface area contributed by atoms with Crippen molar-refractivity contribution in [3.63, 3.8) is 0 Å². The summed E-state index contributed by atoms with van der Waals surface area (Å²) in [6.07, 6.45) is 0. The molecule has 0 aliphatic carbocycles. The standard InChI is InChI=1S/C15H11ClF2O/c1-9-2-7-12(13(18)8-9)15(19)14(16)10-3-5-11(17)6-4-10/h2-8,14H,1H3. The minimum absolute atomic E-state index is 0.0603. The molecule has 0 aliphatic heterocycles. The molecule has 0 saturated heterocycles. The number of halogens is 3. The van der Waals surface area contributed by atoms with Gasteiger partial charge in [0.25, 0.3) is 0 Å². The Morgan fingerprint density at radius 1 is 1.11 bits per heavy atom. The Balaban J connectivity index is 2.30. The normalized spacial score (nSPS) is 12.2. The van der Waals surface area contributed by atoms with Crippen LogP contribution in [0, 0.1) is 18.6 Å². The zero-order valence-corrected chi connectivity index (χ0v) is 10.9. The molecule has 4 heteroatoms. The van der Waals surface area contributed by atoms with E-state index in [0.717, 1.165) is 5.56 Å². The maximum atomic E-state index is 13.7. The highest BCUT2D eigenvalue weighted by Gasteiger charge is 2.22. The van der Waals surface area contributed by atoms with Crippen LogP contribution in [0.2, 0.25) is 0 Å². The summed E-state index contributed by atoms with van der Waals surface area (Å²) in [6, 6.07) is 9.58. The summed E-state index contributed by atoms with van der Waals surface area (Å²) in [7, 11) is 0. The largest absolute Gasteiger partial charge is 0.292 e. The number of aryl methyl sites for hydroxylation is 1. The topological polar surface area (TPSA) is 17.1 Å². The monoisotopic (exact) mass is 280 g/mol. The number of ketones is 1. The van der Waals surface area contributed by atoms with Crippen LogP contribution in [0.3, 0.4) is 0 Å². The van der Waals surface area contributed by atoms with Gasteiger partial charge in [-0.05, 0) is 42.3 Å². The van der Waals surface area contributed by atoms with Crippen molar-refractivity contribution in [1.82, 2.24) is 0 Å². The quantitative estimate of drug-likeness (QED) is 0.600. The van der Waals surface area contributed by atoms with Crippen molar-refractivity contribution in [3.05, 3.63) is 70.8 Å². The third kappa shape index (κ3) is 2.99. The first-order chi connectivity index (χ1) is 8.99. The van der Waals surface area contributed by atoms with Gasteiger partial charge in [0.2, 0.25) is 0 Å². The second-order valence-electron chi connectivity index (χ2n) is 4.26. The third-order valence-electron chi connectivity index (χ3n) is 2.78. The van der Waals surface area contributed by atoms with Crippen molar-refractivity contribution in [2.75, 3.05) is 0 Å². The van der Waals surface area contributed by atoms with Crippen molar-refractivity contribution in [1.29, 1.82) is 0 Å². The highest BCUT2D eigenvalue weighted by atomic mass is 35.5. The van der Waals surface area contributed by atoms with E-state index in [9.17, 15) is 13.6 Å². The predicted octanol–water partition coefficient (Wildman–Crippen LogP) is 4.44. The third-order valence-corrected chi connectivity index (χ3v) is 3.23. The van der Waals surface area contributed by atoms with Crippen LogP contribution >= 0.6 is 11.6 Å². The van der Waals surface area contributed by atoms with E-state index in [1.807, 2.05) is 0 Å². The molecule has 2 aromatic carbocycles. The number of carbonyl (C=O) groups excluding carboxylic acids is 1. The molecule has 0 aromatic heterocycles. The van der Waals surface area contributed by atoms with Gasteiger partial charge < -0.3 is 0 Å². The lowest BCUT2D eigenvalue weighted by Crippen LogP contribution is -2.09. The van der Waals surface area contributed by atoms with Gasteiger partial charge in [-0.25, -0.2) is 8.78 Å². The lowest BCUT2D eigenvalue weighted by Gasteiger charge is -2.10. The van der Waals surface area contributed by atoms with E-state index in [0.29, 0.717) is 5.56 Å². The molecule has 0 N–H and O–H groups in total. The van der Waals surface area contributed by atoms with Gasteiger partial charge in [-0.1, -0.05) is 18.2 Å². The Bertz CT molecular complexity index is 608. The van der Waals surface area contributed by atoms with Gasteiger partial charge in [-0.3, -0.25) is 4.79 Å². The molecule has 0 radical (unpaired) electrons. The van der Waals surface area contributed by atoms with Crippen molar-refractivity contribution in [3.8, 4) is 0 Å². The van der Waals surface area contributed by atoms with Crippen LogP contribution in [0.4, 0.5) is 8.78 Å². The van der Waals surface area contributed by atoms with Crippen LogP contribution in [0.25, 0.3) is 0 Å². The Kier molecular flexibility index (Phi) is 3.96. The SMILES string of the molecule is Cc1ccc(C(=O)C(Cl)c2ccc(F)cc2)c(F)c1. The van der Waals surface area contributed by atoms with Crippen LogP contribution in [-0.4, -0.2) is 5.78 Å². The maximum absolute atomic E-state index is 13.7. The molecule has 2 rings (SSSR count). The molecule has 0 saturated carbocycles. The van der Waals surface area contributed by atoms with Crippen molar-refractivity contribution >= 4 is 17.4 Å². The zero-order chi connectivity index (χ0) is 14.0. The lowest BCUT2D eigenvalue weighted by molar-refractivity contribution is 0.0983. The number of hydrogen-bond donors (Lipinski definition) is 0. The fourth-order valence-corrected chi connectivity index (χ4v) is 2.00. The second-order valence-corrected chi connectivity index (χ2v) is 4.70. The summed E-state index contributed by atoms with van der Waals surface area (Å²) in [6.45, 7) is 1.73. The van der Waals surface area contributed by atoms with Gasteiger partial charge in [-0.2, -0.15) is 0 Å². The van der Waals surface area contributed by atoms with Crippen LogP contribution < -0.4 is 0 Å². The summed E-state index contributed by atoms with van der Waals surface area (Å²) >= 11 is 6.02. The molecule has 0 spiro atoms. The van der Waals surface area contributed by atoms with Crippen LogP contribution in [-0.2, 0) is 0 Å². The highest BCUT2D eigenvalue weighted by molar-refractivity contribution is 6.33. The molecule has 98 valence electrons. The van der Waals surface area contributed by atoms with E-state index in [1.54, 1.807) is 13.0 Å². The Morgan fingerprint density at radius 3 is 2.32 bits per heavy atom. The first-order valence-corrected chi connectivity index (χ1v) is 6.12. The van der Waals surface area contributed by atoms with Gasteiger partial charge in [-0.15, -0.1) is 11.6 Å². The van der Waals surface area contributed by atoms with E-state index in [2.05, 4.69) is 0 Å². The average Bonchev–Trinajstić information content (AvgIpc) is 2.38. The van der Waals surface area contributed by atoms with Gasteiger partial charge >= 0.3 is 0 Å². The van der Waals surface area contributed by atoms with Crippen molar-refractivity contribution < 1.29 is 13.6 Å². The van der Waals surface area contributed by atoms with Gasteiger partial charge in [0.05, 0.1) is 5.56 Å². The molecule has 0 amide bonds. The minimum atomic E-state index is -1.03. The lowest BCUT2D eigenvalue weighted by atomic mass is 10.0. The fourth-order valence-electron chi connectivity index (χ4n) is 1.74. The number of hydrogen-bond acceptors (Lipinski definition) is 1. The molecule has 0 fully saturated rings. The molecule has 1 unspecified atom stereocenters. The van der Waals surface area contributed by atoms with E-state index in [-0.39, 0.29) is 5.56 Å². The van der Waals surface area contributed by atoms with Gasteiger partial charge in [0.1, 0.15) is 17.0 Å². The summed E-state index contributed by atoms with van der Waals surface area (Å²) in [4.78, 5) is 12.1. The summed E-state index contributed by atoms with van der Waals surface area (Å²) in [5.41, 5.74) is 1.10. The van der Waals surface area contributed by atoms with E-state index >= 15 is 0 Å². The first-order valence-electron chi connectivity index (χ1n) is 5.69. The number of carbonyl (C=O) groups is 1. The Hall–Kier alpha value is -1.74. The number of rotatable bonds is 3. The van der Waals surface area contributed by atoms with Crippen LogP contribution in [0.1, 0.15) is 26.9 Å². The van der Waals surface area contributed by atoms with E-state index in [1.165, 1.54) is 36.4 Å². The molecular weight excluding hydrogens is 270 g/mol. The number of Topliss-reactive ketones (excluding diaryl/α,β-unsaturated/α-hetero) is 1. The van der Waals surface area contributed by atoms with Gasteiger partial charge in [0, 0.05) is 0 Å². The summed E-state index contributed by atoms with van der Waals surface area (Å²) < 4.78 is 26.5. The number of alkyl halides is 1. The zero-order valence-electron chi connectivity index (χ0n) is 10.2. The second kappa shape index (κ2) is 5.49. The van der Waals surface area contributed by atoms with E-state index in [4.69, 9.17) is 11.6 Å². The van der Waals surface area contributed by atoms with Crippen molar-refractivity contribution in [2.45, 2.75) is 12.3 Å². The minimum Gasteiger partial charge on any atom is -0.292 e. The molecule has 0 bridgehead atoms. The van der Waals surface area contributed by atoms with E-state index < -0.39 is 22.8 Å². The van der Waals surface area contributed by atoms with Crippen molar-refractivity contribution in [2.24, 2.45) is 0 Å². The maximum Gasteiger partial charge on any atom is 0.188 e. The summed E-state index contributed by atoms with van der Waals surface area (Å²) in [5.74, 6) is -1.55. The van der Waals surface area contributed by atoms with Crippen LogP contribution in [0.5, 0.6) is 0 Å². The number of benzene rings is 2. The summed E-state index contributed by atoms with van der Waals surface area (Å²) in [5, 5.41) is -1.03. The molecule has 0 aliphatic rings. The molecule has 0 heterocycles. The molecule has 2 aromatic rings. The first kappa shape index (κ1) is 13.7. The molecule has 1 atom stereocenters. The average molecular weight is 281 g/mol. The smallest absolute Gasteiger partial charge is 0.188 e. The van der Waals surface area contributed by atoms with Gasteiger partial charge in [0.15, 0.2) is 5.78 Å². The Labute approximate surface area is 114 Å². The fraction of sp³-hybridized carbons (Fsp3) is 0.133. The molecule has 1 nitrogen and oxygen atoms in total. The highest BCUT2D eigenvalue weighted by Crippen LogP contribution is 2.26. The van der Waals surface area contributed by atoms with Crippen LogP contribution in [0.15, 0.2) is 42.5 Å². The Morgan fingerprint density at radius 2 is 1.74 bits per heavy atom. The molecular formula is C15H11ClF2O. The molecule has 19 heavy (non-hydrogen) atoms. The predicted molar refractivity (Wildman–Crippen MR) is 70.5 cm³/mol.